The number of hydrogen-bond donors (Lipinski definition) is 0. The van der Waals surface area contributed by atoms with E-state index in [1.807, 2.05) is 50.2 Å². The van der Waals surface area contributed by atoms with Gasteiger partial charge in [0.2, 0.25) is 5.91 Å². The summed E-state index contributed by atoms with van der Waals surface area (Å²) in [6, 6.07) is 15.1. The summed E-state index contributed by atoms with van der Waals surface area (Å²) in [6.45, 7) is 4.40. The van der Waals surface area contributed by atoms with Crippen molar-refractivity contribution in [1.82, 2.24) is 14.5 Å². The van der Waals surface area contributed by atoms with E-state index < -0.39 is 0 Å². The van der Waals surface area contributed by atoms with E-state index >= 15 is 0 Å². The highest BCUT2D eigenvalue weighted by Gasteiger charge is 2.16. The SMILES string of the molecule is Cc1ccc(-n2c(SCC(=O)N(C)CCC#N)nc3ccccc3c2=O)cc1C. The predicted octanol–water partition coefficient (Wildman–Crippen LogP) is 3.47. The molecular weight excluding hydrogens is 384 g/mol. The number of rotatable bonds is 6. The average molecular weight is 407 g/mol. The van der Waals surface area contributed by atoms with Crippen LogP contribution in [0.15, 0.2) is 52.4 Å². The molecule has 0 fully saturated rings. The molecule has 6 nitrogen and oxygen atoms in total. The number of aryl methyl sites for hydroxylation is 2. The van der Waals surface area contributed by atoms with Crippen LogP contribution in [-0.2, 0) is 4.79 Å². The minimum absolute atomic E-state index is 0.112. The molecule has 0 radical (unpaired) electrons. The number of hydrogen-bond acceptors (Lipinski definition) is 5. The molecule has 0 aliphatic carbocycles. The van der Waals surface area contributed by atoms with Crippen molar-refractivity contribution in [3.63, 3.8) is 0 Å². The molecule has 1 heterocycles. The molecule has 0 aliphatic heterocycles. The summed E-state index contributed by atoms with van der Waals surface area (Å²) in [5, 5.41) is 9.71. The zero-order valence-electron chi connectivity index (χ0n) is 16.7. The molecular formula is C22H22N4O2S. The van der Waals surface area contributed by atoms with Gasteiger partial charge in [-0.2, -0.15) is 5.26 Å². The van der Waals surface area contributed by atoms with Crippen molar-refractivity contribution in [1.29, 1.82) is 5.26 Å². The minimum atomic E-state index is -0.161. The van der Waals surface area contributed by atoms with E-state index in [2.05, 4.69) is 4.98 Å². The first-order valence-corrected chi connectivity index (χ1v) is 10.2. The van der Waals surface area contributed by atoms with Crippen molar-refractivity contribution < 1.29 is 4.79 Å². The van der Waals surface area contributed by atoms with Gasteiger partial charge >= 0.3 is 0 Å². The molecule has 1 amide bonds. The number of amides is 1. The second-order valence-electron chi connectivity index (χ2n) is 6.83. The molecule has 0 unspecified atom stereocenters. The fourth-order valence-electron chi connectivity index (χ4n) is 2.88. The van der Waals surface area contributed by atoms with E-state index in [9.17, 15) is 9.59 Å². The number of nitriles is 1. The lowest BCUT2D eigenvalue weighted by molar-refractivity contribution is -0.127. The topological polar surface area (TPSA) is 79.0 Å². The fourth-order valence-corrected chi connectivity index (χ4v) is 3.83. The van der Waals surface area contributed by atoms with Gasteiger partial charge in [-0.3, -0.25) is 14.2 Å². The predicted molar refractivity (Wildman–Crippen MR) is 115 cm³/mol. The molecule has 3 aromatic rings. The van der Waals surface area contributed by atoms with Crippen LogP contribution in [0.3, 0.4) is 0 Å². The summed E-state index contributed by atoms with van der Waals surface area (Å²) in [5.74, 6) is 0.0247. The van der Waals surface area contributed by atoms with Gasteiger partial charge in [0.1, 0.15) is 0 Å². The molecule has 2 aromatic carbocycles. The van der Waals surface area contributed by atoms with Crippen molar-refractivity contribution in [2.75, 3.05) is 19.3 Å². The Labute approximate surface area is 173 Å². The molecule has 0 saturated heterocycles. The van der Waals surface area contributed by atoms with Gasteiger partial charge in [-0.15, -0.1) is 0 Å². The Bertz CT molecular complexity index is 1160. The van der Waals surface area contributed by atoms with E-state index in [1.54, 1.807) is 23.7 Å². The van der Waals surface area contributed by atoms with E-state index in [0.29, 0.717) is 22.6 Å². The quantitative estimate of drug-likeness (QED) is 0.463. The standard InChI is InChI=1S/C22H22N4O2S/c1-15-9-10-17(13-16(15)2)26-21(28)18-7-4-5-8-19(18)24-22(26)29-14-20(27)25(3)12-6-11-23/h4-5,7-10,13H,6,12,14H2,1-3H3. The highest BCUT2D eigenvalue weighted by Crippen LogP contribution is 2.23. The molecule has 1 aromatic heterocycles. The molecule has 0 saturated carbocycles. The maximum absolute atomic E-state index is 13.2. The number of carbonyl (C=O) groups is 1. The van der Waals surface area contributed by atoms with Crippen LogP contribution in [0, 0.1) is 25.2 Å². The van der Waals surface area contributed by atoms with Crippen molar-refractivity contribution in [3.8, 4) is 11.8 Å². The maximum Gasteiger partial charge on any atom is 0.266 e. The van der Waals surface area contributed by atoms with Crippen LogP contribution in [0.25, 0.3) is 16.6 Å². The molecule has 0 aliphatic rings. The van der Waals surface area contributed by atoms with Crippen molar-refractivity contribution in [2.24, 2.45) is 0 Å². The summed E-state index contributed by atoms with van der Waals surface area (Å²) >= 11 is 1.23. The summed E-state index contributed by atoms with van der Waals surface area (Å²) in [5.41, 5.74) is 3.38. The Morgan fingerprint density at radius 1 is 1.21 bits per heavy atom. The number of para-hydroxylation sites is 1. The van der Waals surface area contributed by atoms with Crippen molar-refractivity contribution in [2.45, 2.75) is 25.4 Å². The first kappa shape index (κ1) is 20.6. The van der Waals surface area contributed by atoms with Crippen molar-refractivity contribution >= 4 is 28.6 Å². The zero-order valence-corrected chi connectivity index (χ0v) is 17.5. The third-order valence-corrected chi connectivity index (χ3v) is 5.73. The highest BCUT2D eigenvalue weighted by molar-refractivity contribution is 7.99. The first-order chi connectivity index (χ1) is 13.9. The van der Waals surface area contributed by atoms with Crippen LogP contribution in [-0.4, -0.2) is 39.7 Å². The van der Waals surface area contributed by atoms with E-state index in [4.69, 9.17) is 5.26 Å². The van der Waals surface area contributed by atoms with Crippen LogP contribution in [0.5, 0.6) is 0 Å². The highest BCUT2D eigenvalue weighted by atomic mass is 32.2. The van der Waals surface area contributed by atoms with Crippen LogP contribution in [0.4, 0.5) is 0 Å². The third-order valence-electron chi connectivity index (χ3n) is 4.80. The number of aromatic nitrogens is 2. The van der Waals surface area contributed by atoms with Gasteiger partial charge in [0.25, 0.3) is 5.56 Å². The fraction of sp³-hybridized carbons (Fsp3) is 0.273. The second kappa shape index (κ2) is 8.93. The lowest BCUT2D eigenvalue weighted by Crippen LogP contribution is -2.29. The molecule has 0 atom stereocenters. The van der Waals surface area contributed by atoms with Gasteiger partial charge in [-0.05, 0) is 49.2 Å². The Hall–Kier alpha value is -3.11. The van der Waals surface area contributed by atoms with Crippen LogP contribution in [0.1, 0.15) is 17.5 Å². The molecule has 0 spiro atoms. The minimum Gasteiger partial charge on any atom is -0.344 e. The van der Waals surface area contributed by atoms with Gasteiger partial charge in [0.05, 0.1) is 34.8 Å². The van der Waals surface area contributed by atoms with Gasteiger partial charge in [-0.1, -0.05) is 30.0 Å². The number of thioether (sulfide) groups is 1. The van der Waals surface area contributed by atoms with Gasteiger partial charge < -0.3 is 4.90 Å². The van der Waals surface area contributed by atoms with Crippen molar-refractivity contribution in [3.05, 3.63) is 63.9 Å². The summed E-state index contributed by atoms with van der Waals surface area (Å²) in [7, 11) is 1.67. The zero-order chi connectivity index (χ0) is 21.0. The number of carbonyl (C=O) groups excluding carboxylic acids is 1. The summed E-state index contributed by atoms with van der Waals surface area (Å²) in [6.07, 6.45) is 0.286. The molecule has 0 N–H and O–H groups in total. The van der Waals surface area contributed by atoms with E-state index in [-0.39, 0.29) is 23.6 Å². The second-order valence-corrected chi connectivity index (χ2v) is 7.78. The van der Waals surface area contributed by atoms with E-state index in [0.717, 1.165) is 16.8 Å². The lowest BCUT2D eigenvalue weighted by Gasteiger charge is -2.17. The largest absolute Gasteiger partial charge is 0.344 e. The monoisotopic (exact) mass is 406 g/mol. The number of benzene rings is 2. The van der Waals surface area contributed by atoms with E-state index in [1.165, 1.54) is 16.7 Å². The summed E-state index contributed by atoms with van der Waals surface area (Å²) < 4.78 is 1.57. The maximum atomic E-state index is 13.2. The Kier molecular flexibility index (Phi) is 6.35. The first-order valence-electron chi connectivity index (χ1n) is 9.25. The molecule has 148 valence electrons. The van der Waals surface area contributed by atoms with Crippen LogP contribution >= 0.6 is 11.8 Å². The summed E-state index contributed by atoms with van der Waals surface area (Å²) in [4.78, 5) is 31.8. The Balaban J connectivity index is 2.03. The average Bonchev–Trinajstić information content (AvgIpc) is 2.72. The smallest absolute Gasteiger partial charge is 0.266 e. The van der Waals surface area contributed by atoms with Gasteiger partial charge in [-0.25, -0.2) is 4.98 Å². The molecule has 3 rings (SSSR count). The third kappa shape index (κ3) is 4.49. The van der Waals surface area contributed by atoms with Gasteiger partial charge in [0, 0.05) is 13.6 Å². The normalized spacial score (nSPS) is 10.7. The molecule has 7 heteroatoms. The Morgan fingerprint density at radius 3 is 2.69 bits per heavy atom. The number of nitrogens with zero attached hydrogens (tertiary/aromatic N) is 4. The van der Waals surface area contributed by atoms with Crippen LogP contribution in [0.2, 0.25) is 0 Å². The Morgan fingerprint density at radius 2 is 1.97 bits per heavy atom. The van der Waals surface area contributed by atoms with Crippen LogP contribution < -0.4 is 5.56 Å². The molecule has 0 bridgehead atoms. The lowest BCUT2D eigenvalue weighted by atomic mass is 10.1. The van der Waals surface area contributed by atoms with Gasteiger partial charge in [0.15, 0.2) is 5.16 Å². The number of fused-ring (bicyclic) bond motifs is 1. The molecule has 29 heavy (non-hydrogen) atoms.